The third kappa shape index (κ3) is 4.78. The summed E-state index contributed by atoms with van der Waals surface area (Å²) in [6.45, 7) is 3.45. The molecular weight excluding hydrogens is 364 g/mol. The summed E-state index contributed by atoms with van der Waals surface area (Å²) in [6, 6.07) is 21.3. The molecule has 1 aromatic heterocycles. The molecule has 2 aromatic carbocycles. The number of aromatic nitrogens is 2. The largest absolute Gasteiger partial charge is 0.349 e. The van der Waals surface area contributed by atoms with Gasteiger partial charge in [-0.05, 0) is 11.6 Å². The Morgan fingerprint density at radius 1 is 1.00 bits per heavy atom. The van der Waals surface area contributed by atoms with Crippen LogP contribution < -0.4 is 15.8 Å². The number of benzene rings is 2. The zero-order valence-corrected chi connectivity index (χ0v) is 16.3. The Morgan fingerprint density at radius 2 is 1.76 bits per heavy atom. The molecule has 3 aromatic rings. The maximum Gasteiger partial charge on any atom is 0.267 e. The van der Waals surface area contributed by atoms with Crippen LogP contribution in [0.1, 0.15) is 11.1 Å². The summed E-state index contributed by atoms with van der Waals surface area (Å²) in [5.41, 5.74) is 4.14. The van der Waals surface area contributed by atoms with Crippen molar-refractivity contribution in [2.45, 2.75) is 19.5 Å². The maximum atomic E-state index is 12.3. The van der Waals surface area contributed by atoms with Crippen molar-refractivity contribution in [1.82, 2.24) is 15.1 Å². The monoisotopic (exact) mass is 389 g/mol. The highest BCUT2D eigenvalue weighted by Gasteiger charge is 2.18. The molecule has 0 radical (unpaired) electrons. The average molecular weight is 389 g/mol. The molecule has 2 N–H and O–H groups in total. The molecule has 0 bridgehead atoms. The van der Waals surface area contributed by atoms with Crippen LogP contribution in [0.2, 0.25) is 0 Å². The summed E-state index contributed by atoms with van der Waals surface area (Å²) in [6.07, 6.45) is 1.07. The number of quaternary nitrogens is 1. The number of carbonyl (C=O) groups is 1. The number of amides is 1. The Labute approximate surface area is 169 Å². The SMILES string of the molecule is O=C(Cn1nc(-c2ccccc2)ccc1=O)NCC[NH+]1CCc2ccccc2C1. The summed E-state index contributed by atoms with van der Waals surface area (Å²) in [5.74, 6) is -0.193. The van der Waals surface area contributed by atoms with Gasteiger partial charge in [-0.1, -0.05) is 54.6 Å². The number of fused-ring (bicyclic) bond motifs is 1. The van der Waals surface area contributed by atoms with E-state index in [1.54, 1.807) is 6.07 Å². The predicted octanol–water partition coefficient (Wildman–Crippen LogP) is 0.668. The lowest BCUT2D eigenvalue weighted by Crippen LogP contribution is -3.12. The van der Waals surface area contributed by atoms with E-state index in [1.807, 2.05) is 30.3 Å². The summed E-state index contributed by atoms with van der Waals surface area (Å²) >= 11 is 0. The summed E-state index contributed by atoms with van der Waals surface area (Å²) in [5, 5.41) is 7.27. The lowest BCUT2D eigenvalue weighted by molar-refractivity contribution is -0.914. The van der Waals surface area contributed by atoms with Crippen molar-refractivity contribution < 1.29 is 9.69 Å². The second-order valence-electron chi connectivity index (χ2n) is 7.38. The molecule has 29 heavy (non-hydrogen) atoms. The predicted molar refractivity (Wildman–Crippen MR) is 111 cm³/mol. The van der Waals surface area contributed by atoms with E-state index in [0.29, 0.717) is 12.2 Å². The highest BCUT2D eigenvalue weighted by molar-refractivity contribution is 5.75. The van der Waals surface area contributed by atoms with Gasteiger partial charge in [-0.2, -0.15) is 5.10 Å². The quantitative estimate of drug-likeness (QED) is 0.651. The van der Waals surface area contributed by atoms with Gasteiger partial charge in [0.25, 0.3) is 5.56 Å². The van der Waals surface area contributed by atoms with Crippen LogP contribution in [-0.2, 0) is 24.3 Å². The van der Waals surface area contributed by atoms with Crippen molar-refractivity contribution in [1.29, 1.82) is 0 Å². The molecule has 1 atom stereocenters. The maximum absolute atomic E-state index is 12.3. The lowest BCUT2D eigenvalue weighted by Gasteiger charge is -2.25. The number of carbonyl (C=O) groups excluding carboxylic acids is 1. The molecule has 0 saturated heterocycles. The Hall–Kier alpha value is -3.25. The van der Waals surface area contributed by atoms with Gasteiger partial charge < -0.3 is 10.2 Å². The Bertz CT molecular complexity index is 1050. The molecule has 0 spiro atoms. The van der Waals surface area contributed by atoms with E-state index in [1.165, 1.54) is 26.8 Å². The molecule has 1 amide bonds. The molecule has 2 heterocycles. The van der Waals surface area contributed by atoms with E-state index in [0.717, 1.165) is 31.6 Å². The third-order valence-corrected chi connectivity index (χ3v) is 5.34. The van der Waals surface area contributed by atoms with Crippen molar-refractivity contribution in [3.8, 4) is 11.3 Å². The molecule has 4 rings (SSSR count). The van der Waals surface area contributed by atoms with Crippen LogP contribution >= 0.6 is 0 Å². The average Bonchev–Trinajstić information content (AvgIpc) is 2.76. The third-order valence-electron chi connectivity index (χ3n) is 5.34. The lowest BCUT2D eigenvalue weighted by atomic mass is 10.00. The van der Waals surface area contributed by atoms with E-state index in [-0.39, 0.29) is 18.0 Å². The first kappa shape index (κ1) is 19.1. The number of nitrogens with zero attached hydrogens (tertiary/aromatic N) is 2. The molecule has 0 fully saturated rings. The molecular formula is C23H25N4O2+. The van der Waals surface area contributed by atoms with Crippen LogP contribution in [0.15, 0.2) is 71.5 Å². The van der Waals surface area contributed by atoms with Crippen molar-refractivity contribution >= 4 is 5.91 Å². The van der Waals surface area contributed by atoms with Crippen molar-refractivity contribution in [3.63, 3.8) is 0 Å². The first-order valence-electron chi connectivity index (χ1n) is 10.00. The molecule has 1 unspecified atom stereocenters. The van der Waals surface area contributed by atoms with Crippen LogP contribution in [0, 0.1) is 0 Å². The standard InChI is InChI=1S/C23H24N4O2/c28-22(24-13-15-26-14-12-18-6-4-5-9-20(18)16-26)17-27-23(29)11-10-21(25-27)19-7-2-1-3-8-19/h1-11H,12-17H2,(H,24,28)/p+1. The fraction of sp³-hybridized carbons (Fsp3) is 0.261. The van der Waals surface area contributed by atoms with Gasteiger partial charge in [0, 0.05) is 23.6 Å². The van der Waals surface area contributed by atoms with E-state index in [9.17, 15) is 9.59 Å². The normalized spacial score (nSPS) is 15.5. The van der Waals surface area contributed by atoms with Gasteiger partial charge in [0.15, 0.2) is 0 Å². The van der Waals surface area contributed by atoms with Gasteiger partial charge in [0.2, 0.25) is 5.91 Å². The first-order valence-corrected chi connectivity index (χ1v) is 10.00. The van der Waals surface area contributed by atoms with Crippen molar-refractivity contribution in [2.75, 3.05) is 19.6 Å². The molecule has 0 aliphatic carbocycles. The summed E-state index contributed by atoms with van der Waals surface area (Å²) < 4.78 is 1.22. The van der Waals surface area contributed by atoms with E-state index in [4.69, 9.17) is 0 Å². The Morgan fingerprint density at radius 3 is 2.59 bits per heavy atom. The number of rotatable bonds is 6. The van der Waals surface area contributed by atoms with Gasteiger partial charge in [-0.3, -0.25) is 9.59 Å². The minimum Gasteiger partial charge on any atom is -0.349 e. The summed E-state index contributed by atoms with van der Waals surface area (Å²) in [7, 11) is 0. The van der Waals surface area contributed by atoms with E-state index in [2.05, 4.69) is 34.7 Å². The molecule has 6 nitrogen and oxygen atoms in total. The van der Waals surface area contributed by atoms with Crippen molar-refractivity contribution in [3.05, 3.63) is 88.2 Å². The molecule has 0 saturated carbocycles. The minimum atomic E-state index is -0.280. The van der Waals surface area contributed by atoms with Gasteiger partial charge in [-0.25, -0.2) is 4.68 Å². The molecule has 6 heteroatoms. The second kappa shape index (κ2) is 8.84. The van der Waals surface area contributed by atoms with E-state index >= 15 is 0 Å². The fourth-order valence-corrected chi connectivity index (χ4v) is 3.75. The number of hydrogen-bond donors (Lipinski definition) is 2. The smallest absolute Gasteiger partial charge is 0.267 e. The second-order valence-corrected chi connectivity index (χ2v) is 7.38. The van der Waals surface area contributed by atoms with Gasteiger partial charge in [-0.15, -0.1) is 0 Å². The number of nitrogens with one attached hydrogen (secondary N) is 2. The Kier molecular flexibility index (Phi) is 5.81. The summed E-state index contributed by atoms with van der Waals surface area (Å²) in [4.78, 5) is 25.9. The van der Waals surface area contributed by atoms with Crippen LogP contribution in [0.25, 0.3) is 11.3 Å². The van der Waals surface area contributed by atoms with Crippen LogP contribution in [0.3, 0.4) is 0 Å². The first-order chi connectivity index (χ1) is 14.2. The van der Waals surface area contributed by atoms with Gasteiger partial charge in [0.1, 0.15) is 13.1 Å². The van der Waals surface area contributed by atoms with Crippen LogP contribution in [0.4, 0.5) is 0 Å². The Balaban J connectivity index is 1.31. The highest BCUT2D eigenvalue weighted by atomic mass is 16.2. The van der Waals surface area contributed by atoms with Crippen LogP contribution in [-0.4, -0.2) is 35.3 Å². The van der Waals surface area contributed by atoms with Gasteiger partial charge >= 0.3 is 0 Å². The molecule has 148 valence electrons. The number of hydrogen-bond acceptors (Lipinski definition) is 3. The topological polar surface area (TPSA) is 68.4 Å². The highest BCUT2D eigenvalue weighted by Crippen LogP contribution is 2.14. The molecule has 1 aliphatic heterocycles. The van der Waals surface area contributed by atoms with Crippen LogP contribution in [0.5, 0.6) is 0 Å². The van der Waals surface area contributed by atoms with E-state index < -0.39 is 0 Å². The fourth-order valence-electron chi connectivity index (χ4n) is 3.75. The zero-order valence-electron chi connectivity index (χ0n) is 16.3. The zero-order chi connectivity index (χ0) is 20.1. The van der Waals surface area contributed by atoms with Gasteiger partial charge in [0.05, 0.1) is 25.3 Å². The minimum absolute atomic E-state index is 0.0718. The van der Waals surface area contributed by atoms with Crippen molar-refractivity contribution in [2.24, 2.45) is 0 Å². The molecule has 1 aliphatic rings.